The van der Waals surface area contributed by atoms with Crippen molar-refractivity contribution in [3.8, 4) is 0 Å². The molecular weight excluding hydrogens is 234 g/mol. The number of hydrogen-bond acceptors (Lipinski definition) is 3. The third-order valence-corrected chi connectivity index (χ3v) is 3.38. The number of aryl methyl sites for hydroxylation is 1. The summed E-state index contributed by atoms with van der Waals surface area (Å²) in [7, 11) is 0. The Labute approximate surface area is 107 Å². The second-order valence-electron chi connectivity index (χ2n) is 3.89. The van der Waals surface area contributed by atoms with Crippen LogP contribution in [-0.4, -0.2) is 28.6 Å². The van der Waals surface area contributed by atoms with Crippen molar-refractivity contribution in [2.45, 2.75) is 26.3 Å². The molecule has 1 aromatic carbocycles. The largest absolute Gasteiger partial charge is 0.480 e. The summed E-state index contributed by atoms with van der Waals surface area (Å²) in [6, 6.07) is 7.28. The molecule has 2 N–H and O–H groups in total. The highest BCUT2D eigenvalue weighted by atomic mass is 32.2. The molecule has 0 saturated carbocycles. The maximum absolute atomic E-state index is 11.1. The highest BCUT2D eigenvalue weighted by Crippen LogP contribution is 2.13. The summed E-state index contributed by atoms with van der Waals surface area (Å²) >= 11 is 1.76. The van der Waals surface area contributed by atoms with Crippen LogP contribution in [0.25, 0.3) is 0 Å². The Kier molecular flexibility index (Phi) is 5.91. The predicted octanol–water partition coefficient (Wildman–Crippen LogP) is 3.00. The van der Waals surface area contributed by atoms with Gasteiger partial charge in [0, 0.05) is 5.69 Å². The van der Waals surface area contributed by atoms with Crippen LogP contribution < -0.4 is 5.32 Å². The minimum absolute atomic E-state index is 0.503. The molecule has 0 radical (unpaired) electrons. The number of benzene rings is 1. The van der Waals surface area contributed by atoms with E-state index in [9.17, 15) is 4.79 Å². The van der Waals surface area contributed by atoms with Gasteiger partial charge in [-0.25, -0.2) is 4.79 Å². The molecule has 3 nitrogen and oxygen atoms in total. The monoisotopic (exact) mass is 253 g/mol. The van der Waals surface area contributed by atoms with E-state index in [0.717, 1.165) is 17.2 Å². The summed E-state index contributed by atoms with van der Waals surface area (Å²) in [5, 5.41) is 12.2. The van der Waals surface area contributed by atoms with E-state index in [2.05, 4.69) is 12.2 Å². The Hall–Kier alpha value is -1.16. The molecule has 94 valence electrons. The first kappa shape index (κ1) is 13.9. The van der Waals surface area contributed by atoms with Crippen molar-refractivity contribution in [2.75, 3.05) is 16.8 Å². The Balaban J connectivity index is 2.54. The summed E-state index contributed by atoms with van der Waals surface area (Å²) in [6.45, 7) is 4.09. The van der Waals surface area contributed by atoms with E-state index in [1.54, 1.807) is 11.8 Å². The molecule has 1 rings (SSSR count). The van der Waals surface area contributed by atoms with Gasteiger partial charge in [0.2, 0.25) is 0 Å². The van der Waals surface area contributed by atoms with Crippen LogP contribution in [0.15, 0.2) is 24.3 Å². The number of anilines is 1. The second-order valence-corrected chi connectivity index (χ2v) is 5.28. The smallest absolute Gasteiger partial charge is 0.326 e. The van der Waals surface area contributed by atoms with Crippen LogP contribution in [0.1, 0.15) is 18.9 Å². The first-order chi connectivity index (χ1) is 8.13. The van der Waals surface area contributed by atoms with Gasteiger partial charge in [-0.05, 0) is 37.0 Å². The number of rotatable bonds is 7. The molecule has 1 unspecified atom stereocenters. The van der Waals surface area contributed by atoms with Gasteiger partial charge in [-0.3, -0.25) is 0 Å². The average molecular weight is 253 g/mol. The van der Waals surface area contributed by atoms with Gasteiger partial charge in [0.15, 0.2) is 0 Å². The number of aliphatic carboxylic acids is 1. The summed E-state index contributed by atoms with van der Waals surface area (Å²) in [5.74, 6) is 1.10. The first-order valence-corrected chi connectivity index (χ1v) is 6.92. The van der Waals surface area contributed by atoms with Gasteiger partial charge in [-0.15, -0.1) is 0 Å². The molecule has 17 heavy (non-hydrogen) atoms. The van der Waals surface area contributed by atoms with Crippen LogP contribution >= 0.6 is 11.8 Å². The lowest BCUT2D eigenvalue weighted by molar-refractivity contribution is -0.137. The number of carboxylic acids is 1. The zero-order valence-electron chi connectivity index (χ0n) is 10.3. The Morgan fingerprint density at radius 2 is 2.06 bits per heavy atom. The summed E-state index contributed by atoms with van der Waals surface area (Å²) in [6.07, 6.45) is 0.641. The van der Waals surface area contributed by atoms with Crippen molar-refractivity contribution >= 4 is 23.4 Å². The molecule has 0 amide bonds. The SMILES string of the molecule is CCSCCC(Nc1ccc(C)cc1)C(=O)O. The summed E-state index contributed by atoms with van der Waals surface area (Å²) in [4.78, 5) is 11.1. The zero-order chi connectivity index (χ0) is 12.7. The van der Waals surface area contributed by atoms with Crippen molar-refractivity contribution in [3.63, 3.8) is 0 Å². The van der Waals surface area contributed by atoms with Gasteiger partial charge >= 0.3 is 5.97 Å². The Morgan fingerprint density at radius 3 is 2.59 bits per heavy atom. The van der Waals surface area contributed by atoms with E-state index in [1.165, 1.54) is 5.56 Å². The molecule has 0 bridgehead atoms. The molecule has 0 aliphatic heterocycles. The Morgan fingerprint density at radius 1 is 1.41 bits per heavy atom. The van der Waals surface area contributed by atoms with E-state index in [0.29, 0.717) is 6.42 Å². The highest BCUT2D eigenvalue weighted by Gasteiger charge is 2.16. The number of carbonyl (C=O) groups is 1. The zero-order valence-corrected chi connectivity index (χ0v) is 11.1. The predicted molar refractivity (Wildman–Crippen MR) is 73.8 cm³/mol. The fourth-order valence-corrected chi connectivity index (χ4v) is 2.14. The van der Waals surface area contributed by atoms with E-state index in [-0.39, 0.29) is 0 Å². The van der Waals surface area contributed by atoms with Crippen LogP contribution in [0.3, 0.4) is 0 Å². The lowest BCUT2D eigenvalue weighted by atomic mass is 10.2. The van der Waals surface area contributed by atoms with Gasteiger partial charge in [-0.2, -0.15) is 11.8 Å². The number of hydrogen-bond donors (Lipinski definition) is 2. The molecule has 0 heterocycles. The minimum atomic E-state index is -0.790. The van der Waals surface area contributed by atoms with Crippen LogP contribution in [0.5, 0.6) is 0 Å². The molecule has 0 fully saturated rings. The molecular formula is C13H19NO2S. The molecule has 1 aromatic rings. The normalized spacial score (nSPS) is 12.1. The second kappa shape index (κ2) is 7.22. The molecule has 4 heteroatoms. The van der Waals surface area contributed by atoms with Crippen LogP contribution in [0, 0.1) is 6.92 Å². The van der Waals surface area contributed by atoms with Crippen molar-refractivity contribution in [3.05, 3.63) is 29.8 Å². The van der Waals surface area contributed by atoms with E-state index < -0.39 is 12.0 Å². The van der Waals surface area contributed by atoms with Crippen LogP contribution in [0.2, 0.25) is 0 Å². The fourth-order valence-electron chi connectivity index (χ4n) is 1.45. The first-order valence-electron chi connectivity index (χ1n) is 5.77. The topological polar surface area (TPSA) is 49.3 Å². The number of nitrogens with one attached hydrogen (secondary N) is 1. The maximum atomic E-state index is 11.1. The summed E-state index contributed by atoms with van der Waals surface area (Å²) in [5.41, 5.74) is 2.04. The average Bonchev–Trinajstić information content (AvgIpc) is 2.30. The molecule has 0 aliphatic carbocycles. The summed E-state index contributed by atoms with van der Waals surface area (Å²) < 4.78 is 0. The fraction of sp³-hybridized carbons (Fsp3) is 0.462. The van der Waals surface area contributed by atoms with Gasteiger partial charge in [0.05, 0.1) is 0 Å². The maximum Gasteiger partial charge on any atom is 0.326 e. The van der Waals surface area contributed by atoms with E-state index in [1.807, 2.05) is 31.2 Å². The van der Waals surface area contributed by atoms with E-state index in [4.69, 9.17) is 5.11 Å². The van der Waals surface area contributed by atoms with Gasteiger partial charge < -0.3 is 10.4 Å². The van der Waals surface area contributed by atoms with Crippen LogP contribution in [0.4, 0.5) is 5.69 Å². The molecule has 0 saturated heterocycles. The molecule has 1 atom stereocenters. The van der Waals surface area contributed by atoms with Crippen molar-refractivity contribution in [2.24, 2.45) is 0 Å². The molecule has 0 aromatic heterocycles. The third-order valence-electron chi connectivity index (χ3n) is 2.45. The quantitative estimate of drug-likeness (QED) is 0.733. The van der Waals surface area contributed by atoms with E-state index >= 15 is 0 Å². The lowest BCUT2D eigenvalue weighted by Gasteiger charge is -2.15. The minimum Gasteiger partial charge on any atom is -0.480 e. The van der Waals surface area contributed by atoms with Crippen molar-refractivity contribution in [1.29, 1.82) is 0 Å². The number of carboxylic acid groups (broad SMARTS) is 1. The van der Waals surface area contributed by atoms with Crippen molar-refractivity contribution < 1.29 is 9.90 Å². The van der Waals surface area contributed by atoms with Crippen LogP contribution in [-0.2, 0) is 4.79 Å². The lowest BCUT2D eigenvalue weighted by Crippen LogP contribution is -2.29. The third kappa shape index (κ3) is 5.13. The molecule has 0 spiro atoms. The number of thioether (sulfide) groups is 1. The van der Waals surface area contributed by atoms with Gasteiger partial charge in [-0.1, -0.05) is 24.6 Å². The Bertz CT molecular complexity index is 351. The molecule has 0 aliphatic rings. The standard InChI is InChI=1S/C13H19NO2S/c1-3-17-9-8-12(13(15)16)14-11-6-4-10(2)5-7-11/h4-7,12,14H,3,8-9H2,1-2H3,(H,15,16). The van der Waals surface area contributed by atoms with Gasteiger partial charge in [0.25, 0.3) is 0 Å². The highest BCUT2D eigenvalue weighted by molar-refractivity contribution is 7.99. The van der Waals surface area contributed by atoms with Crippen molar-refractivity contribution in [1.82, 2.24) is 0 Å². The van der Waals surface area contributed by atoms with Gasteiger partial charge in [0.1, 0.15) is 6.04 Å².